The summed E-state index contributed by atoms with van der Waals surface area (Å²) in [5.74, 6) is -0.673. The van der Waals surface area contributed by atoms with E-state index in [2.05, 4.69) is 143 Å². The molecular weight excluding hydrogens is 954 g/mol. The molecule has 0 aliphatic carbocycles. The van der Waals surface area contributed by atoms with Crippen LogP contribution in [-0.2, 0) is 26.8 Å². The van der Waals surface area contributed by atoms with Crippen LogP contribution in [0.25, 0.3) is 11.1 Å². The fraction of sp³-hybridized carbons (Fsp3) is 0.397. The Balaban J connectivity index is 0.000000210. The van der Waals surface area contributed by atoms with Gasteiger partial charge in [0.05, 0.1) is 48.4 Å². The van der Waals surface area contributed by atoms with E-state index in [1.165, 1.54) is 41.1 Å². The lowest BCUT2D eigenvalue weighted by molar-refractivity contribution is -0.0355. The predicted octanol–water partition coefficient (Wildman–Crippen LogP) is 9.69. The monoisotopic (exact) mass is 1020 g/mol. The van der Waals surface area contributed by atoms with Crippen molar-refractivity contribution in [3.05, 3.63) is 172 Å². The maximum absolute atomic E-state index is 14.1. The van der Waals surface area contributed by atoms with Gasteiger partial charge in [-0.05, 0) is 118 Å². The molecule has 1 aliphatic rings. The number of hydrogen-bond donors (Lipinski definition) is 3. The number of carbonyl (C=O) groups is 1. The zero-order valence-electron chi connectivity index (χ0n) is 44.4. The van der Waals surface area contributed by atoms with Crippen LogP contribution in [0, 0.1) is 28.5 Å². The van der Waals surface area contributed by atoms with Crippen molar-refractivity contribution in [3.8, 4) is 17.9 Å². The number of halogens is 1. The van der Waals surface area contributed by atoms with Crippen molar-refractivity contribution in [2.75, 3.05) is 39.2 Å². The van der Waals surface area contributed by atoms with Gasteiger partial charge in [0.25, 0.3) is 0 Å². The Morgan fingerprint density at radius 2 is 1.45 bits per heavy atom. The van der Waals surface area contributed by atoms with Gasteiger partial charge in [0.15, 0.2) is 17.9 Å². The van der Waals surface area contributed by atoms with E-state index in [0.29, 0.717) is 19.6 Å². The molecule has 16 nitrogen and oxygen atoms in total. The molecule has 3 heterocycles. The molecule has 6 aromatic rings. The summed E-state index contributed by atoms with van der Waals surface area (Å²) >= 11 is 0. The van der Waals surface area contributed by atoms with E-state index in [0.717, 1.165) is 59.0 Å². The van der Waals surface area contributed by atoms with Crippen molar-refractivity contribution in [1.82, 2.24) is 29.2 Å². The van der Waals surface area contributed by atoms with Crippen LogP contribution in [0.4, 0.5) is 15.0 Å². The molecule has 396 valence electrons. The number of allylic oxidation sites excluding steroid dienone is 1. The minimum absolute atomic E-state index is 0.177. The zero-order valence-corrected chi connectivity index (χ0v) is 44.4. The first-order valence-electron chi connectivity index (χ1n) is 25.1. The van der Waals surface area contributed by atoms with Gasteiger partial charge >= 0.3 is 11.8 Å². The Morgan fingerprint density at radius 3 is 1.97 bits per heavy atom. The maximum Gasteiger partial charge on any atom is 0.412 e. The zero-order chi connectivity index (χ0) is 54.7. The van der Waals surface area contributed by atoms with Crippen molar-refractivity contribution >= 4 is 23.1 Å². The molecule has 2 aromatic heterocycles. The second kappa shape index (κ2) is 27.7. The van der Waals surface area contributed by atoms with E-state index >= 15 is 0 Å². The molecule has 1 fully saturated rings. The molecule has 1 aliphatic heterocycles. The molecule has 0 unspecified atom stereocenters. The number of aromatic nitrogens is 5. The number of carbonyl (C=O) groups excluding carboxylic acids is 1. The first-order valence-corrected chi connectivity index (χ1v) is 25.1. The molecule has 4 atom stereocenters. The summed E-state index contributed by atoms with van der Waals surface area (Å²) < 4.78 is 32.5. The Hall–Kier alpha value is -7.54. The Bertz CT molecular complexity index is 2890. The van der Waals surface area contributed by atoms with Gasteiger partial charge in [-0.2, -0.15) is 20.6 Å². The molecule has 4 aromatic carbocycles. The number of benzene rings is 4. The van der Waals surface area contributed by atoms with Gasteiger partial charge in [0.1, 0.15) is 37.2 Å². The lowest BCUT2D eigenvalue weighted by atomic mass is 9.79. The fourth-order valence-corrected chi connectivity index (χ4v) is 7.91. The van der Waals surface area contributed by atoms with Crippen LogP contribution >= 0.6 is 0 Å². The standard InChI is InChI=1S/C26H29NO.C17H19N5.C15H22FN3O6/c1-4-25(21-11-7-5-8-12-21)26(22-13-9-6-10-14-22)23-15-17-24(18-16-23)28-20-19-27(2)3;1-16(2,9-18)14-5-13(8-22-12-20-11-21-22)6-15(7-14)17(3,4)10-19;1-3-4-5-6-24-15(23)18-12-9(16)7-19(14(22)17-12)13-11(21)10(20)8(2)25-13/h5-18H,4,19-20H2,1-3H3;5-7,11-12H,8H2,1-4H3;7-8,10-11,13,20-21H,3-6H2,1-2H3,(H,17,18,22,23)/b26-25-;;/t;;8-,10-,11-,13-/m..1/s1. The molecule has 3 N–H and O–H groups in total. The number of rotatable bonds is 18. The van der Waals surface area contributed by atoms with Crippen LogP contribution in [-0.4, -0.2) is 97.7 Å². The predicted molar refractivity (Wildman–Crippen MR) is 287 cm³/mol. The minimum atomic E-state index is -1.41. The third-order valence-corrected chi connectivity index (χ3v) is 12.5. The Morgan fingerprint density at radius 1 is 0.853 bits per heavy atom. The summed E-state index contributed by atoms with van der Waals surface area (Å²) in [4.78, 5) is 33.1. The molecule has 7 rings (SSSR count). The van der Waals surface area contributed by atoms with Crippen LogP contribution < -0.4 is 15.7 Å². The van der Waals surface area contributed by atoms with E-state index in [-0.39, 0.29) is 6.61 Å². The van der Waals surface area contributed by atoms with E-state index < -0.39 is 58.8 Å². The van der Waals surface area contributed by atoms with Crippen LogP contribution in [0.2, 0.25) is 0 Å². The number of likely N-dealkylation sites (N-methyl/N-ethyl adjacent to an activating group) is 1. The highest BCUT2D eigenvalue weighted by Gasteiger charge is 2.42. The lowest BCUT2D eigenvalue weighted by Gasteiger charge is -2.23. The maximum atomic E-state index is 14.1. The largest absolute Gasteiger partial charge is 0.492 e. The SMILES string of the molecule is CC(C)(C#N)c1cc(Cn2cncn2)cc(C(C)(C)C#N)c1.CC/C(=C(\c1ccccc1)c1ccc(OCCN(C)C)cc1)c1ccccc1.CCCCCOC(=O)Nc1nc(=O)n([C@@H]2O[C@H](C)[C@@H](O)[C@H]2O)cc1F. The van der Waals surface area contributed by atoms with Gasteiger partial charge in [0.2, 0.25) is 0 Å². The topological polar surface area (TPSA) is 214 Å². The van der Waals surface area contributed by atoms with Crippen molar-refractivity contribution < 1.29 is 33.6 Å². The number of anilines is 1. The van der Waals surface area contributed by atoms with Gasteiger partial charge in [-0.3, -0.25) is 9.88 Å². The van der Waals surface area contributed by atoms with Crippen LogP contribution in [0.1, 0.15) is 114 Å². The van der Waals surface area contributed by atoms with E-state index in [1.54, 1.807) is 11.0 Å². The molecule has 0 bridgehead atoms. The van der Waals surface area contributed by atoms with Gasteiger partial charge in [-0.15, -0.1) is 0 Å². The van der Waals surface area contributed by atoms with Crippen LogP contribution in [0.3, 0.4) is 0 Å². The number of unbranched alkanes of at least 4 members (excludes halogenated alkanes) is 2. The van der Waals surface area contributed by atoms with Crippen LogP contribution in [0.5, 0.6) is 5.75 Å². The third-order valence-electron chi connectivity index (χ3n) is 12.5. The fourth-order valence-electron chi connectivity index (χ4n) is 7.91. The minimum Gasteiger partial charge on any atom is -0.492 e. The number of hydrogen-bond acceptors (Lipinski definition) is 13. The van der Waals surface area contributed by atoms with E-state index in [9.17, 15) is 34.7 Å². The second-order valence-electron chi connectivity index (χ2n) is 19.4. The quantitative estimate of drug-likeness (QED) is 0.0541. The van der Waals surface area contributed by atoms with Gasteiger partial charge in [-0.25, -0.2) is 23.6 Å². The number of nitriles is 2. The molecular formula is C58H70FN9O7. The highest BCUT2D eigenvalue weighted by atomic mass is 19.1. The summed E-state index contributed by atoms with van der Waals surface area (Å²) in [5.41, 5.74) is 7.01. The third kappa shape index (κ3) is 16.5. The van der Waals surface area contributed by atoms with Crippen molar-refractivity contribution in [2.24, 2.45) is 0 Å². The Kier molecular flexibility index (Phi) is 21.5. The average Bonchev–Trinajstić information content (AvgIpc) is 4.01. The molecule has 0 radical (unpaired) electrons. The van der Waals surface area contributed by atoms with Crippen LogP contribution in [0.15, 0.2) is 127 Å². The van der Waals surface area contributed by atoms with E-state index in [4.69, 9.17) is 14.2 Å². The average molecular weight is 1020 g/mol. The van der Waals surface area contributed by atoms with Crippen molar-refractivity contribution in [2.45, 2.75) is 116 Å². The van der Waals surface area contributed by atoms with E-state index in [1.807, 2.05) is 52.8 Å². The van der Waals surface area contributed by atoms with Crippen molar-refractivity contribution in [1.29, 1.82) is 10.5 Å². The van der Waals surface area contributed by atoms with Gasteiger partial charge in [0, 0.05) is 6.54 Å². The molecule has 0 saturated carbocycles. The normalized spacial score (nSPS) is 16.5. The number of aliphatic hydroxyl groups excluding tert-OH is 2. The number of amides is 1. The van der Waals surface area contributed by atoms with Gasteiger partial charge in [-0.1, -0.05) is 118 Å². The first-order chi connectivity index (χ1) is 35.8. The smallest absolute Gasteiger partial charge is 0.412 e. The summed E-state index contributed by atoms with van der Waals surface area (Å²) in [6.45, 7) is 15.6. The highest BCUT2D eigenvalue weighted by Crippen LogP contribution is 2.35. The number of aliphatic hydroxyl groups is 2. The number of nitrogens with zero attached hydrogens (tertiary/aromatic N) is 8. The summed E-state index contributed by atoms with van der Waals surface area (Å²) in [6, 6.07) is 40.4. The summed E-state index contributed by atoms with van der Waals surface area (Å²) in [7, 11) is 4.11. The molecule has 1 amide bonds. The Labute approximate surface area is 439 Å². The van der Waals surface area contributed by atoms with Crippen molar-refractivity contribution in [3.63, 3.8) is 0 Å². The molecule has 0 spiro atoms. The van der Waals surface area contributed by atoms with Gasteiger partial charge < -0.3 is 29.3 Å². The molecule has 1 saturated heterocycles. The first kappa shape index (κ1) is 58.4. The number of ether oxygens (including phenoxy) is 3. The lowest BCUT2D eigenvalue weighted by Crippen LogP contribution is -2.36. The second-order valence-corrected chi connectivity index (χ2v) is 19.4. The summed E-state index contributed by atoms with van der Waals surface area (Å²) in [6.07, 6.45) is 1.86. The summed E-state index contributed by atoms with van der Waals surface area (Å²) in [5, 5.41) is 44.5. The number of nitrogens with one attached hydrogen (secondary N) is 1. The highest BCUT2D eigenvalue weighted by molar-refractivity contribution is 5.98. The molecule has 75 heavy (non-hydrogen) atoms. The molecule has 17 heteroatoms.